The number of ether oxygens (including phenoxy) is 2. The average molecular weight is 1190 g/mol. The molecule has 83 heavy (non-hydrogen) atoms. The Morgan fingerprint density at radius 3 is 2.36 bits per heavy atom. The summed E-state index contributed by atoms with van der Waals surface area (Å²) in [5.41, 5.74) is 20.4. The molecule has 2 amide bonds. The molecule has 3 aromatic carbocycles. The van der Waals surface area contributed by atoms with Crippen molar-refractivity contribution in [2.24, 2.45) is 23.8 Å². The Morgan fingerprint density at radius 2 is 1.67 bits per heavy atom. The second-order valence-electron chi connectivity index (χ2n) is 21.8. The number of aromatic amines is 3. The third-order valence-electron chi connectivity index (χ3n) is 16.0. The first kappa shape index (κ1) is 58.8. The molecule has 1 saturated heterocycles. The van der Waals surface area contributed by atoms with Crippen LogP contribution < -0.4 is 31.6 Å². The van der Waals surface area contributed by atoms with Gasteiger partial charge in [-0.25, -0.2) is 15.1 Å². The van der Waals surface area contributed by atoms with Crippen molar-refractivity contribution in [3.8, 4) is 16.9 Å². The van der Waals surface area contributed by atoms with Crippen molar-refractivity contribution in [1.82, 2.24) is 50.6 Å². The SMILES string of the molecule is COC1=CC(c2[nH]c3ccc(CC(C)N4CCC(CNC(=O)c5ccc(S(=O)(=O)NC(=O)c6[nH]c7c(-c8c(C)nn(C)c8C)c(Cl)ccc7c6CCCOc6cc(C)c(Cl)c(C)c6)o5)CC4)cc3c2CNNN)=N/C1=C\c1[nH]c(C)cc1C. The molecule has 0 bridgehead atoms. The van der Waals surface area contributed by atoms with Crippen LogP contribution in [0, 0.1) is 47.5 Å². The molecule has 19 nitrogen and oxygen atoms in total. The van der Waals surface area contributed by atoms with Gasteiger partial charge in [0.2, 0.25) is 5.09 Å². The van der Waals surface area contributed by atoms with Gasteiger partial charge in [0.25, 0.3) is 21.8 Å². The molecule has 0 radical (unpaired) electrons. The minimum atomic E-state index is -4.61. The van der Waals surface area contributed by atoms with E-state index in [4.69, 9.17) is 47.9 Å². The van der Waals surface area contributed by atoms with E-state index in [1.807, 2.05) is 72.0 Å². The third kappa shape index (κ3) is 12.3. The van der Waals surface area contributed by atoms with E-state index in [0.717, 1.165) is 111 Å². The van der Waals surface area contributed by atoms with E-state index in [9.17, 15) is 18.0 Å². The molecule has 10 rings (SSSR count). The lowest BCUT2D eigenvalue weighted by molar-refractivity contribution is 0.0894. The van der Waals surface area contributed by atoms with Gasteiger partial charge in [-0.3, -0.25) is 20.1 Å². The first-order valence-electron chi connectivity index (χ1n) is 27.7. The largest absolute Gasteiger partial charge is 0.494 e. The number of piperidine rings is 1. The summed E-state index contributed by atoms with van der Waals surface area (Å²) >= 11 is 13.3. The number of aryl methyl sites for hydroxylation is 7. The van der Waals surface area contributed by atoms with Crippen molar-refractivity contribution in [2.75, 3.05) is 33.4 Å². The van der Waals surface area contributed by atoms with Crippen LogP contribution >= 0.6 is 23.2 Å². The van der Waals surface area contributed by atoms with Crippen LogP contribution in [0.4, 0.5) is 0 Å². The van der Waals surface area contributed by atoms with Gasteiger partial charge in [0.15, 0.2) is 5.76 Å². The molecule has 5 aromatic heterocycles. The lowest BCUT2D eigenvalue weighted by Crippen LogP contribution is -2.43. The molecular formula is C61H70Cl2N12O7S. The maximum Gasteiger partial charge on any atom is 0.297 e. The number of fused-ring (bicyclic) bond motifs is 2. The summed E-state index contributed by atoms with van der Waals surface area (Å²) in [6.45, 7) is 16.8. The highest BCUT2D eigenvalue weighted by atomic mass is 35.5. The Balaban J connectivity index is 0.766. The monoisotopic (exact) mass is 1180 g/mol. The molecule has 9 N–H and O–H groups in total. The Kier molecular flexibility index (Phi) is 17.3. The van der Waals surface area contributed by atoms with Crippen molar-refractivity contribution < 1.29 is 31.9 Å². The molecule has 436 valence electrons. The molecule has 2 aliphatic heterocycles. The van der Waals surface area contributed by atoms with Gasteiger partial charge in [-0.1, -0.05) is 35.3 Å². The molecule has 2 aliphatic rings. The molecule has 7 heterocycles. The fraction of sp³-hybridized carbons (Fsp3) is 0.344. The number of amides is 2. The number of likely N-dealkylation sites (tertiary alicyclic amines) is 1. The maximum atomic E-state index is 14.3. The van der Waals surface area contributed by atoms with Crippen LogP contribution in [0.2, 0.25) is 10.0 Å². The van der Waals surface area contributed by atoms with Gasteiger partial charge in [-0.05, 0) is 182 Å². The Bertz CT molecular complexity index is 4000. The molecule has 0 spiro atoms. The Morgan fingerprint density at radius 1 is 0.916 bits per heavy atom. The third-order valence-corrected chi connectivity index (χ3v) is 18.1. The summed E-state index contributed by atoms with van der Waals surface area (Å²) in [4.78, 5) is 45.5. The minimum Gasteiger partial charge on any atom is -0.494 e. The van der Waals surface area contributed by atoms with E-state index < -0.39 is 26.9 Å². The molecule has 0 saturated carbocycles. The molecule has 0 aliphatic carbocycles. The molecular weight excluding hydrogens is 1120 g/mol. The molecule has 1 atom stereocenters. The number of rotatable bonds is 21. The number of hydrogen-bond donors (Lipinski definition) is 8. The highest BCUT2D eigenvalue weighted by Gasteiger charge is 2.31. The molecule has 1 unspecified atom stereocenters. The number of nitrogens with one attached hydrogen (secondary N) is 7. The number of halogens is 2. The van der Waals surface area contributed by atoms with Gasteiger partial charge in [-0.2, -0.15) is 19.1 Å². The van der Waals surface area contributed by atoms with E-state index in [1.54, 1.807) is 17.9 Å². The van der Waals surface area contributed by atoms with Crippen LogP contribution in [-0.4, -0.2) is 95.0 Å². The van der Waals surface area contributed by atoms with E-state index >= 15 is 0 Å². The van der Waals surface area contributed by atoms with Crippen molar-refractivity contribution in [2.45, 2.75) is 98.2 Å². The van der Waals surface area contributed by atoms with Crippen LogP contribution in [0.25, 0.3) is 39.0 Å². The Labute approximate surface area is 492 Å². The number of furan rings is 1. The topological polar surface area (TPSA) is 255 Å². The number of nitrogens with two attached hydrogens (primary N) is 1. The smallest absolute Gasteiger partial charge is 0.297 e. The van der Waals surface area contributed by atoms with E-state index in [2.05, 4.69) is 84.1 Å². The van der Waals surface area contributed by atoms with Crippen LogP contribution in [-0.2, 0) is 41.2 Å². The second kappa shape index (κ2) is 24.4. The number of sulfonamides is 1. The maximum absolute atomic E-state index is 14.3. The quantitative estimate of drug-likeness (QED) is 0.0190. The number of methoxy groups -OCH3 is 1. The summed E-state index contributed by atoms with van der Waals surface area (Å²) in [6.07, 6.45) is 7.31. The summed E-state index contributed by atoms with van der Waals surface area (Å²) < 4.78 is 49.3. The van der Waals surface area contributed by atoms with Gasteiger partial charge in [0, 0.05) is 87.3 Å². The van der Waals surface area contributed by atoms with Crippen molar-refractivity contribution >= 4 is 78.6 Å². The molecule has 8 aromatic rings. The van der Waals surface area contributed by atoms with Gasteiger partial charge >= 0.3 is 0 Å². The molecule has 1 fully saturated rings. The van der Waals surface area contributed by atoms with Crippen molar-refractivity contribution in [3.05, 3.63) is 162 Å². The number of hydrazine groups is 2. The molecule has 22 heteroatoms. The summed E-state index contributed by atoms with van der Waals surface area (Å²) in [7, 11) is -1.11. The number of nitrogens with zero attached hydrogens (tertiary/aromatic N) is 4. The van der Waals surface area contributed by atoms with Gasteiger partial charge < -0.3 is 39.1 Å². The van der Waals surface area contributed by atoms with Crippen LogP contribution in [0.15, 0.2) is 92.7 Å². The number of allylic oxidation sites excluding steroid dienone is 1. The highest BCUT2D eigenvalue weighted by Crippen LogP contribution is 2.41. The number of carbonyl (C=O) groups excluding carboxylic acids is 2. The number of aromatic nitrogens is 5. The highest BCUT2D eigenvalue weighted by molar-refractivity contribution is 7.90. The second-order valence-corrected chi connectivity index (χ2v) is 24.2. The lowest BCUT2D eigenvalue weighted by Gasteiger charge is -2.36. The van der Waals surface area contributed by atoms with Crippen LogP contribution in [0.5, 0.6) is 5.75 Å². The van der Waals surface area contributed by atoms with Gasteiger partial charge in [0.05, 0.1) is 41.4 Å². The van der Waals surface area contributed by atoms with E-state index in [0.29, 0.717) is 76.1 Å². The zero-order valence-electron chi connectivity index (χ0n) is 48.0. The predicted octanol–water partition coefficient (Wildman–Crippen LogP) is 10.2. The fourth-order valence-corrected chi connectivity index (χ4v) is 12.8. The summed E-state index contributed by atoms with van der Waals surface area (Å²) in [6, 6.07) is 18.6. The zero-order chi connectivity index (χ0) is 59.0. The standard InChI is InChI=1S/C61H70Cl2N12O7S/c1-32-23-35(4)67-48(32)28-49-52(80-9)29-50(68-49)57-45(31-66-73-64)44-27-40(12-15-47(44)69-57)26-36(5)75-20-18-39(19-21-75)30-65-60(76)51-16-17-53(82-51)83(78,79)72-61(77)59-42(11-10-22-81-41-24-33(2)56(63)34(3)25-41)43-13-14-46(62)55(58(43)70-59)54-37(6)71-74(8)38(54)7/h12-17,23-25,27-29,36,39,66-67,69-70,73H,10-11,18-22,26,30-31,64H2,1-9H3,(H,65,76)(H,72,77)/b49-28-. The summed E-state index contributed by atoms with van der Waals surface area (Å²) in [5.74, 6) is 5.57. The average Bonchev–Trinajstić information content (AvgIpc) is 3.52. The normalized spacial score (nSPS) is 15.2. The zero-order valence-corrected chi connectivity index (χ0v) is 50.4. The van der Waals surface area contributed by atoms with Gasteiger partial charge in [-0.15, -0.1) is 0 Å². The van der Waals surface area contributed by atoms with Crippen molar-refractivity contribution in [3.63, 3.8) is 0 Å². The number of benzene rings is 3. The summed E-state index contributed by atoms with van der Waals surface area (Å²) in [5, 5.41) is 9.82. The van der Waals surface area contributed by atoms with E-state index in [-0.39, 0.29) is 23.4 Å². The predicted molar refractivity (Wildman–Crippen MR) is 325 cm³/mol. The number of H-pyrrole nitrogens is 3. The van der Waals surface area contributed by atoms with Gasteiger partial charge in [0.1, 0.15) is 22.9 Å². The number of hydrogen-bond acceptors (Lipinski definition) is 13. The minimum absolute atomic E-state index is 0.0292. The first-order chi connectivity index (χ1) is 39.7. The first-order valence-corrected chi connectivity index (χ1v) is 29.9. The van der Waals surface area contributed by atoms with Crippen LogP contribution in [0.1, 0.15) is 109 Å². The van der Waals surface area contributed by atoms with Crippen LogP contribution in [0.3, 0.4) is 0 Å². The fourth-order valence-electron chi connectivity index (χ4n) is 11.6. The van der Waals surface area contributed by atoms with Crippen molar-refractivity contribution in [1.29, 1.82) is 0 Å². The lowest BCUT2D eigenvalue weighted by atomic mass is 9.94. The number of carbonyl (C=O) groups is 2. The Hall–Kier alpha value is -7.43. The van der Waals surface area contributed by atoms with E-state index in [1.165, 1.54) is 17.7 Å². The number of aliphatic imine (C=N–C) groups is 1.